The molecule has 23 heavy (non-hydrogen) atoms. The van der Waals surface area contributed by atoms with Crippen molar-refractivity contribution in [3.8, 4) is 17.3 Å². The molecule has 0 atom stereocenters. The van der Waals surface area contributed by atoms with Crippen molar-refractivity contribution in [2.45, 2.75) is 0 Å². The Balaban J connectivity index is 2.24. The molecular formula is C17H14N6. The third kappa shape index (κ3) is 2.68. The molecule has 112 valence electrons. The van der Waals surface area contributed by atoms with Gasteiger partial charge in [0.15, 0.2) is 0 Å². The van der Waals surface area contributed by atoms with Gasteiger partial charge in [-0.3, -0.25) is 0 Å². The lowest BCUT2D eigenvalue weighted by Gasteiger charge is -2.10. The fraction of sp³-hybridized carbons (Fsp3) is 0.0588. The summed E-state index contributed by atoms with van der Waals surface area (Å²) in [6.07, 6.45) is 8.48. The molecule has 0 fully saturated rings. The zero-order valence-electron chi connectivity index (χ0n) is 12.5. The van der Waals surface area contributed by atoms with Crippen LogP contribution < -0.4 is 5.32 Å². The van der Waals surface area contributed by atoms with Crippen LogP contribution in [0.3, 0.4) is 0 Å². The molecule has 3 aromatic heterocycles. The molecule has 0 spiro atoms. The highest BCUT2D eigenvalue weighted by atomic mass is 15.0. The Morgan fingerprint density at radius 3 is 2.96 bits per heavy atom. The van der Waals surface area contributed by atoms with E-state index in [-0.39, 0.29) is 0 Å². The molecule has 6 nitrogen and oxygen atoms in total. The highest BCUT2D eigenvalue weighted by Crippen LogP contribution is 2.27. The minimum atomic E-state index is 0.334. The van der Waals surface area contributed by atoms with Gasteiger partial charge in [0.25, 0.3) is 0 Å². The van der Waals surface area contributed by atoms with Crippen LogP contribution in [-0.4, -0.2) is 27.6 Å². The Hall–Kier alpha value is -3.46. The quantitative estimate of drug-likeness (QED) is 0.724. The number of nitrogens with one attached hydrogen (secondary N) is 2. The van der Waals surface area contributed by atoms with Crippen LogP contribution in [0.15, 0.2) is 49.1 Å². The highest BCUT2D eigenvalue weighted by molar-refractivity contribution is 6.10. The summed E-state index contributed by atoms with van der Waals surface area (Å²) >= 11 is 0. The van der Waals surface area contributed by atoms with Crippen LogP contribution in [0.25, 0.3) is 22.5 Å². The number of imidazole rings is 1. The van der Waals surface area contributed by atoms with Gasteiger partial charge in [0.2, 0.25) is 0 Å². The van der Waals surface area contributed by atoms with Crippen molar-refractivity contribution in [1.29, 1.82) is 10.7 Å². The third-order valence-corrected chi connectivity index (χ3v) is 3.45. The Morgan fingerprint density at radius 1 is 1.35 bits per heavy atom. The summed E-state index contributed by atoms with van der Waals surface area (Å²) in [4.78, 5) is 8.71. The van der Waals surface area contributed by atoms with Gasteiger partial charge in [-0.1, -0.05) is 0 Å². The zero-order chi connectivity index (χ0) is 16.2. The summed E-state index contributed by atoms with van der Waals surface area (Å²) in [5.41, 5.74) is 4.10. The summed E-state index contributed by atoms with van der Waals surface area (Å²) in [5.74, 6) is 0. The molecule has 6 heteroatoms. The number of nitriles is 1. The summed E-state index contributed by atoms with van der Waals surface area (Å²) in [5, 5.41) is 19.7. The molecule has 0 radical (unpaired) electrons. The molecule has 2 N–H and O–H groups in total. The predicted molar refractivity (Wildman–Crippen MR) is 89.0 cm³/mol. The number of aromatic nitrogens is 3. The van der Waals surface area contributed by atoms with Crippen molar-refractivity contribution in [2.75, 3.05) is 7.05 Å². The smallest absolute Gasteiger partial charge is 0.141 e. The van der Waals surface area contributed by atoms with Gasteiger partial charge in [0.1, 0.15) is 17.4 Å². The van der Waals surface area contributed by atoms with E-state index < -0.39 is 0 Å². The minimum absolute atomic E-state index is 0.334. The van der Waals surface area contributed by atoms with Crippen molar-refractivity contribution in [3.05, 3.63) is 60.3 Å². The first-order chi connectivity index (χ1) is 11.3. The molecular weight excluding hydrogens is 288 g/mol. The lowest BCUT2D eigenvalue weighted by molar-refractivity contribution is 1.11. The van der Waals surface area contributed by atoms with Crippen molar-refractivity contribution >= 4 is 17.4 Å². The van der Waals surface area contributed by atoms with Crippen LogP contribution in [0, 0.1) is 16.7 Å². The van der Waals surface area contributed by atoms with Crippen molar-refractivity contribution in [1.82, 2.24) is 19.7 Å². The van der Waals surface area contributed by atoms with E-state index >= 15 is 0 Å². The highest BCUT2D eigenvalue weighted by Gasteiger charge is 2.12. The van der Waals surface area contributed by atoms with Crippen LogP contribution in [0.1, 0.15) is 11.3 Å². The third-order valence-electron chi connectivity index (χ3n) is 3.45. The van der Waals surface area contributed by atoms with Gasteiger partial charge >= 0.3 is 0 Å². The second kappa shape index (κ2) is 6.12. The van der Waals surface area contributed by atoms with E-state index in [1.54, 1.807) is 25.5 Å². The van der Waals surface area contributed by atoms with E-state index in [0.29, 0.717) is 17.0 Å². The maximum atomic E-state index is 9.14. The molecule has 3 rings (SSSR count). The predicted octanol–water partition coefficient (Wildman–Crippen LogP) is 2.48. The normalized spacial score (nSPS) is 11.2. The molecule has 0 saturated heterocycles. The van der Waals surface area contributed by atoms with E-state index in [1.165, 1.54) is 6.21 Å². The largest absolute Gasteiger partial charge is 0.393 e. The van der Waals surface area contributed by atoms with E-state index in [0.717, 1.165) is 16.8 Å². The van der Waals surface area contributed by atoms with Gasteiger partial charge < -0.3 is 15.1 Å². The van der Waals surface area contributed by atoms with Gasteiger partial charge in [-0.15, -0.1) is 0 Å². The van der Waals surface area contributed by atoms with Gasteiger partial charge in [-0.05, 0) is 24.3 Å². The average Bonchev–Trinajstić information content (AvgIpc) is 3.07. The molecule has 0 aliphatic heterocycles. The molecule has 0 amide bonds. The molecule has 0 unspecified atom stereocenters. The summed E-state index contributed by atoms with van der Waals surface area (Å²) in [6.45, 7) is 0. The number of rotatable bonds is 4. The first kappa shape index (κ1) is 14.5. The Labute approximate surface area is 133 Å². The number of fused-ring (bicyclic) bond motifs is 1. The van der Waals surface area contributed by atoms with E-state index in [2.05, 4.69) is 21.4 Å². The average molecular weight is 302 g/mol. The number of pyridine rings is 2. The van der Waals surface area contributed by atoms with Gasteiger partial charge in [0.05, 0.1) is 5.69 Å². The first-order valence-corrected chi connectivity index (χ1v) is 6.99. The van der Waals surface area contributed by atoms with Gasteiger partial charge in [-0.25, -0.2) is 9.97 Å². The molecule has 0 bridgehead atoms. The Bertz CT molecular complexity index is 945. The number of hydrogen-bond acceptors (Lipinski definition) is 5. The van der Waals surface area contributed by atoms with Crippen LogP contribution in [0.5, 0.6) is 0 Å². The molecule has 3 aromatic rings. The van der Waals surface area contributed by atoms with E-state index in [9.17, 15) is 0 Å². The maximum absolute atomic E-state index is 9.14. The minimum Gasteiger partial charge on any atom is -0.393 e. The molecule has 0 saturated carbocycles. The summed E-state index contributed by atoms with van der Waals surface area (Å²) in [6, 6.07) is 9.35. The van der Waals surface area contributed by atoms with Gasteiger partial charge in [-0.2, -0.15) is 5.26 Å². The van der Waals surface area contributed by atoms with Crippen LogP contribution in [-0.2, 0) is 0 Å². The number of allylic oxidation sites excluding steroid dienone is 1. The van der Waals surface area contributed by atoms with Gasteiger partial charge in [0, 0.05) is 54.8 Å². The van der Waals surface area contributed by atoms with Crippen molar-refractivity contribution in [2.24, 2.45) is 0 Å². The van der Waals surface area contributed by atoms with E-state index in [4.69, 9.17) is 10.7 Å². The Kier molecular flexibility index (Phi) is 3.85. The lowest BCUT2D eigenvalue weighted by atomic mass is 10.0. The second-order valence-electron chi connectivity index (χ2n) is 4.85. The molecule has 0 aromatic carbocycles. The fourth-order valence-corrected chi connectivity index (χ4v) is 2.38. The standard InChI is InChI=1S/C17H14N6/c1-20-11-13(9-18)15-3-2-14(10-19)22-17(15)12-4-6-23-7-5-21-16(23)8-12/h2-9,11,18,20H,1H3/b13-11+,18-9?. The monoisotopic (exact) mass is 302 g/mol. The molecule has 0 aliphatic rings. The molecule has 3 heterocycles. The first-order valence-electron chi connectivity index (χ1n) is 6.99. The van der Waals surface area contributed by atoms with Crippen LogP contribution in [0.2, 0.25) is 0 Å². The number of nitrogens with zero attached hydrogens (tertiary/aromatic N) is 4. The second-order valence-corrected chi connectivity index (χ2v) is 4.85. The van der Waals surface area contributed by atoms with E-state index in [1.807, 2.05) is 35.0 Å². The maximum Gasteiger partial charge on any atom is 0.141 e. The topological polar surface area (TPSA) is 89.9 Å². The lowest BCUT2D eigenvalue weighted by Crippen LogP contribution is -2.01. The Morgan fingerprint density at radius 2 is 2.22 bits per heavy atom. The fourth-order valence-electron chi connectivity index (χ4n) is 2.38. The van der Waals surface area contributed by atoms with Crippen molar-refractivity contribution < 1.29 is 0 Å². The molecule has 0 aliphatic carbocycles. The summed E-state index contributed by atoms with van der Waals surface area (Å²) < 4.78 is 1.90. The van der Waals surface area contributed by atoms with Crippen LogP contribution in [0.4, 0.5) is 0 Å². The number of hydrogen-bond donors (Lipinski definition) is 2. The van der Waals surface area contributed by atoms with Crippen molar-refractivity contribution in [3.63, 3.8) is 0 Å². The SMILES string of the molecule is CN/C=C(\C=N)c1ccc(C#N)nc1-c1ccn2ccnc2c1. The zero-order valence-corrected chi connectivity index (χ0v) is 12.5. The summed E-state index contributed by atoms with van der Waals surface area (Å²) in [7, 11) is 1.77. The van der Waals surface area contributed by atoms with Crippen LogP contribution >= 0.6 is 0 Å².